The lowest BCUT2D eigenvalue weighted by atomic mass is 9.91. The van der Waals surface area contributed by atoms with E-state index in [1.165, 1.54) is 18.2 Å². The van der Waals surface area contributed by atoms with Gasteiger partial charge in [-0.2, -0.15) is 0 Å². The van der Waals surface area contributed by atoms with E-state index in [9.17, 15) is 18.0 Å². The Morgan fingerprint density at radius 3 is 2.45 bits per heavy atom. The molecule has 0 heterocycles. The van der Waals surface area contributed by atoms with Gasteiger partial charge in [0.05, 0.1) is 5.92 Å². The maximum Gasteiger partial charge on any atom is 0.573 e. The lowest BCUT2D eigenvalue weighted by Gasteiger charge is -2.15. The summed E-state index contributed by atoms with van der Waals surface area (Å²) in [4.78, 5) is 11.4. The molecule has 0 aliphatic carbocycles. The van der Waals surface area contributed by atoms with Crippen LogP contribution in [0, 0.1) is 0 Å². The van der Waals surface area contributed by atoms with E-state index in [4.69, 9.17) is 5.73 Å². The van der Waals surface area contributed by atoms with Gasteiger partial charge in [-0.25, -0.2) is 0 Å². The molecular weight excluding hydrogens is 295 g/mol. The Morgan fingerprint density at radius 1 is 1.14 bits per heavy atom. The molecule has 0 aliphatic heterocycles. The molecule has 1 atom stereocenters. The number of alkyl halides is 3. The number of primary amides is 1. The van der Waals surface area contributed by atoms with Gasteiger partial charge in [0, 0.05) is 0 Å². The van der Waals surface area contributed by atoms with Crippen molar-refractivity contribution in [3.05, 3.63) is 54.1 Å². The minimum absolute atomic E-state index is 0.313. The van der Waals surface area contributed by atoms with Gasteiger partial charge in [0.25, 0.3) is 0 Å². The van der Waals surface area contributed by atoms with Gasteiger partial charge < -0.3 is 10.5 Å². The van der Waals surface area contributed by atoms with Crippen LogP contribution in [-0.4, -0.2) is 12.3 Å². The fourth-order valence-electron chi connectivity index (χ4n) is 2.15. The maximum absolute atomic E-state index is 12.3. The second-order valence-electron chi connectivity index (χ2n) is 4.79. The zero-order valence-corrected chi connectivity index (χ0v) is 11.7. The molecule has 0 aliphatic rings. The molecule has 0 saturated heterocycles. The van der Waals surface area contributed by atoms with Crippen molar-refractivity contribution < 1.29 is 22.7 Å². The molecule has 1 amide bonds. The van der Waals surface area contributed by atoms with E-state index >= 15 is 0 Å². The maximum atomic E-state index is 12.3. The number of ether oxygens (including phenoxy) is 1. The molecule has 22 heavy (non-hydrogen) atoms. The number of hydrogen-bond acceptors (Lipinski definition) is 2. The van der Waals surface area contributed by atoms with Gasteiger partial charge in [-0.3, -0.25) is 4.79 Å². The molecule has 0 aromatic heterocycles. The molecule has 0 radical (unpaired) electrons. The van der Waals surface area contributed by atoms with Crippen molar-refractivity contribution in [2.45, 2.75) is 19.2 Å². The van der Waals surface area contributed by atoms with Crippen molar-refractivity contribution in [1.29, 1.82) is 0 Å². The van der Waals surface area contributed by atoms with Crippen molar-refractivity contribution >= 4 is 5.91 Å². The van der Waals surface area contributed by atoms with Crippen LogP contribution < -0.4 is 10.5 Å². The molecule has 116 valence electrons. The van der Waals surface area contributed by atoms with Crippen molar-refractivity contribution in [2.75, 3.05) is 0 Å². The molecule has 3 nitrogen and oxygen atoms in total. The third-order valence-corrected chi connectivity index (χ3v) is 3.23. The van der Waals surface area contributed by atoms with Crippen LogP contribution in [0.5, 0.6) is 5.75 Å². The first-order valence-corrected chi connectivity index (χ1v) is 6.52. The van der Waals surface area contributed by atoms with Crippen molar-refractivity contribution in [3.8, 4) is 16.9 Å². The zero-order valence-electron chi connectivity index (χ0n) is 11.7. The normalized spacial score (nSPS) is 12.7. The van der Waals surface area contributed by atoms with Crippen LogP contribution >= 0.6 is 0 Å². The molecule has 0 saturated carbocycles. The molecule has 2 N–H and O–H groups in total. The van der Waals surface area contributed by atoms with E-state index in [2.05, 4.69) is 4.74 Å². The predicted octanol–water partition coefficient (Wildman–Crippen LogP) is 3.84. The highest BCUT2D eigenvalue weighted by molar-refractivity contribution is 5.85. The molecule has 1 unspecified atom stereocenters. The summed E-state index contributed by atoms with van der Waals surface area (Å²) in [5, 5.41) is 0. The number of nitrogens with two attached hydrogens (primary N) is 1. The number of hydrogen-bond donors (Lipinski definition) is 1. The molecule has 0 bridgehead atoms. The number of halogens is 3. The van der Waals surface area contributed by atoms with E-state index in [1.807, 2.05) is 0 Å². The van der Waals surface area contributed by atoms with E-state index < -0.39 is 18.2 Å². The first-order valence-electron chi connectivity index (χ1n) is 6.52. The summed E-state index contributed by atoms with van der Waals surface area (Å²) in [6.07, 6.45) is -4.75. The summed E-state index contributed by atoms with van der Waals surface area (Å²) in [5.41, 5.74) is 7.13. The highest BCUT2D eigenvalue weighted by Gasteiger charge is 2.31. The molecule has 6 heteroatoms. The summed E-state index contributed by atoms with van der Waals surface area (Å²) in [7, 11) is 0. The summed E-state index contributed by atoms with van der Waals surface area (Å²) >= 11 is 0. The van der Waals surface area contributed by atoms with Gasteiger partial charge in [-0.15, -0.1) is 13.2 Å². The average molecular weight is 309 g/mol. The van der Waals surface area contributed by atoms with Gasteiger partial charge in [0.2, 0.25) is 5.91 Å². The first-order chi connectivity index (χ1) is 10.3. The Bertz CT molecular complexity index is 683. The van der Waals surface area contributed by atoms with Crippen molar-refractivity contribution in [3.63, 3.8) is 0 Å². The van der Waals surface area contributed by atoms with E-state index in [0.29, 0.717) is 16.7 Å². The minimum Gasteiger partial charge on any atom is -0.406 e. The van der Waals surface area contributed by atoms with Gasteiger partial charge in [-0.1, -0.05) is 36.4 Å². The summed E-state index contributed by atoms with van der Waals surface area (Å²) < 4.78 is 40.8. The molecule has 2 rings (SSSR count). The van der Waals surface area contributed by atoms with Gasteiger partial charge in [-0.05, 0) is 35.7 Å². The largest absolute Gasteiger partial charge is 0.573 e. The van der Waals surface area contributed by atoms with Gasteiger partial charge in [0.15, 0.2) is 0 Å². The highest BCUT2D eigenvalue weighted by Crippen LogP contribution is 2.32. The summed E-state index contributed by atoms with van der Waals surface area (Å²) in [6.45, 7) is 1.65. The standard InChI is InChI=1S/C16H14F3NO2/c1-10(15(20)21)13-7-2-3-8-14(13)11-5-4-6-12(9-11)22-16(17,18)19/h2-10H,1H3,(H2,20,21). The van der Waals surface area contributed by atoms with Crippen LogP contribution in [0.25, 0.3) is 11.1 Å². The third kappa shape index (κ3) is 3.78. The van der Waals surface area contributed by atoms with Gasteiger partial charge in [0.1, 0.15) is 5.75 Å². The van der Waals surface area contributed by atoms with Crippen LogP contribution in [0.4, 0.5) is 13.2 Å². The lowest BCUT2D eigenvalue weighted by Crippen LogP contribution is -2.19. The third-order valence-electron chi connectivity index (χ3n) is 3.23. The second kappa shape index (κ2) is 6.09. The number of benzene rings is 2. The number of carbonyl (C=O) groups excluding carboxylic acids is 1. The summed E-state index contributed by atoms with van der Waals surface area (Å²) in [5.74, 6) is -1.37. The molecular formula is C16H14F3NO2. The van der Waals surface area contributed by atoms with E-state index in [1.54, 1.807) is 37.3 Å². The SMILES string of the molecule is CC(C(N)=O)c1ccccc1-c1cccc(OC(F)(F)F)c1. The predicted molar refractivity (Wildman–Crippen MR) is 76.2 cm³/mol. The summed E-state index contributed by atoms with van der Waals surface area (Å²) in [6, 6.07) is 12.5. The Hall–Kier alpha value is -2.50. The Kier molecular flexibility index (Phi) is 4.40. The quantitative estimate of drug-likeness (QED) is 0.933. The Morgan fingerprint density at radius 2 is 1.82 bits per heavy atom. The fraction of sp³-hybridized carbons (Fsp3) is 0.188. The fourth-order valence-corrected chi connectivity index (χ4v) is 2.15. The lowest BCUT2D eigenvalue weighted by molar-refractivity contribution is -0.274. The van der Waals surface area contributed by atoms with Crippen LogP contribution in [0.3, 0.4) is 0 Å². The number of rotatable bonds is 4. The second-order valence-corrected chi connectivity index (χ2v) is 4.79. The highest BCUT2D eigenvalue weighted by atomic mass is 19.4. The van der Waals surface area contributed by atoms with Crippen molar-refractivity contribution in [1.82, 2.24) is 0 Å². The number of carbonyl (C=O) groups is 1. The molecule has 0 fully saturated rings. The minimum atomic E-state index is -4.75. The average Bonchev–Trinajstić information content (AvgIpc) is 2.45. The van der Waals surface area contributed by atoms with E-state index in [0.717, 1.165) is 0 Å². The number of amides is 1. The van der Waals surface area contributed by atoms with Crippen LogP contribution in [0.2, 0.25) is 0 Å². The molecule has 2 aromatic carbocycles. The topological polar surface area (TPSA) is 52.3 Å². The van der Waals surface area contributed by atoms with Crippen LogP contribution in [0.15, 0.2) is 48.5 Å². The smallest absolute Gasteiger partial charge is 0.406 e. The monoisotopic (exact) mass is 309 g/mol. The zero-order chi connectivity index (χ0) is 16.3. The Balaban J connectivity index is 2.45. The van der Waals surface area contributed by atoms with Crippen LogP contribution in [0.1, 0.15) is 18.4 Å². The molecule has 2 aromatic rings. The Labute approximate surface area is 125 Å². The van der Waals surface area contributed by atoms with E-state index in [-0.39, 0.29) is 5.75 Å². The van der Waals surface area contributed by atoms with Crippen LogP contribution in [-0.2, 0) is 4.79 Å². The van der Waals surface area contributed by atoms with Gasteiger partial charge >= 0.3 is 6.36 Å². The first kappa shape index (κ1) is 15.9. The molecule has 0 spiro atoms. The van der Waals surface area contributed by atoms with Crippen molar-refractivity contribution in [2.24, 2.45) is 5.73 Å².